The molecule has 0 spiro atoms. The largest absolute Gasteiger partial charge is 0.479 e. The summed E-state index contributed by atoms with van der Waals surface area (Å²) in [6.45, 7) is 7.52. The van der Waals surface area contributed by atoms with Gasteiger partial charge in [-0.15, -0.1) is 0 Å². The molecule has 0 aliphatic carbocycles. The van der Waals surface area contributed by atoms with Gasteiger partial charge in [0.25, 0.3) is 0 Å². The normalized spacial score (nSPS) is 14.4. The molecule has 0 aliphatic rings. The van der Waals surface area contributed by atoms with E-state index in [-0.39, 0.29) is 13.0 Å². The molecule has 0 bridgehead atoms. The highest BCUT2D eigenvalue weighted by atomic mass is 16.5. The van der Waals surface area contributed by atoms with Gasteiger partial charge in [-0.3, -0.25) is 0 Å². The summed E-state index contributed by atoms with van der Waals surface area (Å²) < 4.78 is 5.18. The standard InChI is InChI=1S/C14H23NO5/c1-5-11(7-10(3)9-15-13(18)19)8-14(6-2,20-4)12(16)17/h7,15H,3,5-6,8-9H2,1-2,4H3,(H,16,17)(H,18,19)/b11-7+. The molecular weight excluding hydrogens is 262 g/mol. The number of hydrogen-bond acceptors (Lipinski definition) is 3. The minimum atomic E-state index is -1.25. The number of carbonyl (C=O) groups is 2. The highest BCUT2D eigenvalue weighted by Crippen LogP contribution is 2.27. The Kier molecular flexibility index (Phi) is 7.61. The molecule has 0 aliphatic heterocycles. The summed E-state index contributed by atoms with van der Waals surface area (Å²) in [5.41, 5.74) is 0.187. The van der Waals surface area contributed by atoms with E-state index < -0.39 is 17.7 Å². The molecule has 1 atom stereocenters. The molecule has 1 unspecified atom stereocenters. The van der Waals surface area contributed by atoms with Gasteiger partial charge in [0.2, 0.25) is 0 Å². The number of ether oxygens (including phenoxy) is 1. The van der Waals surface area contributed by atoms with Crippen LogP contribution in [0.5, 0.6) is 0 Å². The Morgan fingerprint density at radius 2 is 1.95 bits per heavy atom. The molecule has 6 nitrogen and oxygen atoms in total. The number of amides is 1. The summed E-state index contributed by atoms with van der Waals surface area (Å²) in [6.07, 6.45) is 1.84. The van der Waals surface area contributed by atoms with E-state index in [1.807, 2.05) is 6.92 Å². The van der Waals surface area contributed by atoms with Gasteiger partial charge in [-0.2, -0.15) is 0 Å². The summed E-state index contributed by atoms with van der Waals surface area (Å²) in [5, 5.41) is 20.0. The molecule has 1 amide bonds. The Morgan fingerprint density at radius 1 is 1.35 bits per heavy atom. The molecule has 0 saturated heterocycles. The predicted molar refractivity (Wildman–Crippen MR) is 75.8 cm³/mol. The molecule has 6 heteroatoms. The lowest BCUT2D eigenvalue weighted by molar-refractivity contribution is -0.162. The maximum atomic E-state index is 11.4. The van der Waals surface area contributed by atoms with Crippen molar-refractivity contribution in [2.75, 3.05) is 13.7 Å². The van der Waals surface area contributed by atoms with Crippen molar-refractivity contribution in [1.82, 2.24) is 5.32 Å². The maximum absolute atomic E-state index is 11.4. The highest BCUT2D eigenvalue weighted by molar-refractivity contribution is 5.78. The van der Waals surface area contributed by atoms with E-state index in [4.69, 9.17) is 9.84 Å². The molecular formula is C14H23NO5. The minimum absolute atomic E-state index is 0.109. The maximum Gasteiger partial charge on any atom is 0.404 e. The second kappa shape index (κ2) is 8.37. The van der Waals surface area contributed by atoms with Gasteiger partial charge < -0.3 is 20.3 Å². The first-order valence-corrected chi connectivity index (χ1v) is 6.43. The van der Waals surface area contributed by atoms with Crippen LogP contribution < -0.4 is 5.32 Å². The van der Waals surface area contributed by atoms with Crippen LogP contribution in [0.25, 0.3) is 0 Å². The molecule has 3 N–H and O–H groups in total. The summed E-state index contributed by atoms with van der Waals surface area (Å²) in [4.78, 5) is 21.8. The number of carboxylic acids is 1. The molecule has 114 valence electrons. The van der Waals surface area contributed by atoms with Gasteiger partial charge in [0.05, 0.1) is 0 Å². The second-order valence-corrected chi connectivity index (χ2v) is 4.51. The van der Waals surface area contributed by atoms with Crippen molar-refractivity contribution in [1.29, 1.82) is 0 Å². The predicted octanol–water partition coefficient (Wildman–Crippen LogP) is 2.42. The van der Waals surface area contributed by atoms with E-state index in [0.29, 0.717) is 18.4 Å². The Bertz CT molecular complexity index is 396. The third-order valence-corrected chi connectivity index (χ3v) is 3.19. The number of rotatable bonds is 9. The quantitative estimate of drug-likeness (QED) is 0.565. The lowest BCUT2D eigenvalue weighted by Gasteiger charge is -2.27. The smallest absolute Gasteiger partial charge is 0.404 e. The van der Waals surface area contributed by atoms with Crippen LogP contribution in [0, 0.1) is 0 Å². The Labute approximate surface area is 119 Å². The van der Waals surface area contributed by atoms with Crippen LogP contribution in [0.1, 0.15) is 33.1 Å². The Morgan fingerprint density at radius 3 is 2.30 bits per heavy atom. The van der Waals surface area contributed by atoms with Gasteiger partial charge >= 0.3 is 12.1 Å². The van der Waals surface area contributed by atoms with E-state index in [1.54, 1.807) is 13.0 Å². The van der Waals surface area contributed by atoms with Gasteiger partial charge in [0, 0.05) is 20.1 Å². The lowest BCUT2D eigenvalue weighted by atomic mass is 9.89. The fraction of sp³-hybridized carbons (Fsp3) is 0.571. The van der Waals surface area contributed by atoms with Crippen molar-refractivity contribution in [2.24, 2.45) is 0 Å². The number of hydrogen-bond donors (Lipinski definition) is 3. The molecule has 0 fully saturated rings. The minimum Gasteiger partial charge on any atom is -0.479 e. The van der Waals surface area contributed by atoms with E-state index in [2.05, 4.69) is 11.9 Å². The van der Waals surface area contributed by atoms with Crippen molar-refractivity contribution in [2.45, 2.75) is 38.7 Å². The second-order valence-electron chi connectivity index (χ2n) is 4.51. The molecule has 0 aromatic heterocycles. The summed E-state index contributed by atoms with van der Waals surface area (Å²) >= 11 is 0. The van der Waals surface area contributed by atoms with Crippen LogP contribution in [0.15, 0.2) is 23.8 Å². The topological polar surface area (TPSA) is 95.9 Å². The van der Waals surface area contributed by atoms with Gasteiger partial charge in [-0.05, 0) is 18.4 Å². The molecule has 0 rings (SSSR count). The zero-order chi connectivity index (χ0) is 15.8. The van der Waals surface area contributed by atoms with E-state index in [1.165, 1.54) is 7.11 Å². The van der Waals surface area contributed by atoms with E-state index >= 15 is 0 Å². The molecule has 0 radical (unpaired) electrons. The fourth-order valence-corrected chi connectivity index (χ4v) is 1.83. The first-order chi connectivity index (χ1) is 9.31. The highest BCUT2D eigenvalue weighted by Gasteiger charge is 2.37. The summed E-state index contributed by atoms with van der Waals surface area (Å²) in [5.74, 6) is -1.00. The lowest BCUT2D eigenvalue weighted by Crippen LogP contribution is -2.40. The van der Waals surface area contributed by atoms with Crippen molar-refractivity contribution in [3.8, 4) is 0 Å². The number of nitrogens with one attached hydrogen (secondary N) is 1. The van der Waals surface area contributed by atoms with E-state index in [9.17, 15) is 14.7 Å². The monoisotopic (exact) mass is 285 g/mol. The number of methoxy groups -OCH3 is 1. The number of aliphatic carboxylic acids is 1. The average Bonchev–Trinajstić information content (AvgIpc) is 2.40. The van der Waals surface area contributed by atoms with Crippen molar-refractivity contribution in [3.05, 3.63) is 23.8 Å². The van der Waals surface area contributed by atoms with Gasteiger partial charge in [-0.25, -0.2) is 9.59 Å². The van der Waals surface area contributed by atoms with Crippen LogP contribution in [0.2, 0.25) is 0 Å². The SMILES string of the molecule is C=C(/C=C(\CC)CC(CC)(OC)C(=O)O)CNC(=O)O. The van der Waals surface area contributed by atoms with Crippen LogP contribution >= 0.6 is 0 Å². The fourth-order valence-electron chi connectivity index (χ4n) is 1.83. The van der Waals surface area contributed by atoms with Crippen molar-refractivity contribution >= 4 is 12.1 Å². The molecule has 0 aromatic carbocycles. The first-order valence-electron chi connectivity index (χ1n) is 6.43. The first kappa shape index (κ1) is 18.2. The van der Waals surface area contributed by atoms with Crippen LogP contribution in [0.3, 0.4) is 0 Å². The Balaban J connectivity index is 4.94. The molecule has 0 aromatic rings. The van der Waals surface area contributed by atoms with Gasteiger partial charge in [-0.1, -0.05) is 32.1 Å². The summed E-state index contributed by atoms with van der Waals surface area (Å²) in [7, 11) is 1.38. The molecule has 0 saturated carbocycles. The average molecular weight is 285 g/mol. The number of carboxylic acid groups (broad SMARTS) is 2. The Hall–Kier alpha value is -1.82. The summed E-state index contributed by atoms with van der Waals surface area (Å²) in [6, 6.07) is 0. The zero-order valence-corrected chi connectivity index (χ0v) is 12.2. The van der Waals surface area contributed by atoms with Crippen LogP contribution in [0.4, 0.5) is 4.79 Å². The van der Waals surface area contributed by atoms with E-state index in [0.717, 1.165) is 5.57 Å². The molecule has 20 heavy (non-hydrogen) atoms. The van der Waals surface area contributed by atoms with Gasteiger partial charge in [0.15, 0.2) is 5.60 Å². The third-order valence-electron chi connectivity index (χ3n) is 3.19. The zero-order valence-electron chi connectivity index (χ0n) is 12.2. The van der Waals surface area contributed by atoms with Gasteiger partial charge in [0.1, 0.15) is 0 Å². The van der Waals surface area contributed by atoms with Crippen molar-refractivity contribution in [3.63, 3.8) is 0 Å². The van der Waals surface area contributed by atoms with Crippen molar-refractivity contribution < 1.29 is 24.5 Å². The van der Waals surface area contributed by atoms with Crippen LogP contribution in [-0.2, 0) is 9.53 Å². The van der Waals surface area contributed by atoms with Crippen LogP contribution in [-0.4, -0.2) is 41.5 Å². The molecule has 0 heterocycles. The third kappa shape index (κ3) is 5.44.